The highest BCUT2D eigenvalue weighted by Gasteiger charge is 2.36. The van der Waals surface area contributed by atoms with Crippen molar-refractivity contribution in [3.63, 3.8) is 0 Å². The smallest absolute Gasteiger partial charge is 0.306 e. The maximum absolute atomic E-state index is 12.0. The van der Waals surface area contributed by atoms with Crippen molar-refractivity contribution in [3.8, 4) is 5.75 Å². The minimum Gasteiger partial charge on any atom is -0.481 e. The molecule has 0 spiro atoms. The lowest BCUT2D eigenvalue weighted by molar-refractivity contribution is -0.146. The third-order valence-corrected chi connectivity index (χ3v) is 4.21. The molecule has 2 rings (SSSR count). The molecule has 0 saturated heterocycles. The molecule has 1 aromatic carbocycles. The van der Waals surface area contributed by atoms with E-state index in [1.165, 1.54) is 0 Å². The van der Waals surface area contributed by atoms with Crippen molar-refractivity contribution < 1.29 is 19.4 Å². The standard InChI is InChI=1S/C15H18BrNO4/c1-8-3-4-13(12(16)5-8)21-9(2)14(18)17-11-6-10(7-11)15(19)20/h3-5,9-11H,6-7H2,1-2H3,(H,17,18)(H,19,20). The van der Waals surface area contributed by atoms with E-state index in [0.29, 0.717) is 18.6 Å². The number of aliphatic carboxylic acids is 1. The van der Waals surface area contributed by atoms with E-state index in [1.807, 2.05) is 25.1 Å². The summed E-state index contributed by atoms with van der Waals surface area (Å²) in [4.78, 5) is 22.7. The fraction of sp³-hybridized carbons (Fsp3) is 0.467. The second-order valence-electron chi connectivity index (χ2n) is 5.41. The second-order valence-corrected chi connectivity index (χ2v) is 6.26. The second kappa shape index (κ2) is 6.47. The molecule has 1 unspecified atom stereocenters. The lowest BCUT2D eigenvalue weighted by atomic mass is 9.80. The fourth-order valence-electron chi connectivity index (χ4n) is 2.20. The summed E-state index contributed by atoms with van der Waals surface area (Å²) in [5.74, 6) is -0.747. The largest absolute Gasteiger partial charge is 0.481 e. The molecular formula is C15H18BrNO4. The van der Waals surface area contributed by atoms with E-state index in [-0.39, 0.29) is 17.9 Å². The number of benzene rings is 1. The molecule has 1 fully saturated rings. The number of hydrogen-bond donors (Lipinski definition) is 2. The van der Waals surface area contributed by atoms with Crippen molar-refractivity contribution in [1.29, 1.82) is 0 Å². The Kier molecular flexibility index (Phi) is 4.88. The van der Waals surface area contributed by atoms with E-state index >= 15 is 0 Å². The normalized spacial score (nSPS) is 22.0. The van der Waals surface area contributed by atoms with Crippen LogP contribution in [0.5, 0.6) is 5.75 Å². The number of aryl methyl sites for hydroxylation is 1. The maximum Gasteiger partial charge on any atom is 0.306 e. The van der Waals surface area contributed by atoms with Gasteiger partial charge in [-0.1, -0.05) is 6.07 Å². The predicted molar refractivity (Wildman–Crippen MR) is 81.3 cm³/mol. The topological polar surface area (TPSA) is 75.6 Å². The van der Waals surface area contributed by atoms with Gasteiger partial charge in [-0.05, 0) is 60.3 Å². The van der Waals surface area contributed by atoms with Crippen LogP contribution in [0.3, 0.4) is 0 Å². The van der Waals surface area contributed by atoms with Crippen LogP contribution in [-0.4, -0.2) is 29.1 Å². The van der Waals surface area contributed by atoms with Gasteiger partial charge in [-0.2, -0.15) is 0 Å². The lowest BCUT2D eigenvalue weighted by Crippen LogP contribution is -2.50. The summed E-state index contributed by atoms with van der Waals surface area (Å²) in [7, 11) is 0. The highest BCUT2D eigenvalue weighted by molar-refractivity contribution is 9.10. The summed E-state index contributed by atoms with van der Waals surface area (Å²) in [6.45, 7) is 3.65. The Morgan fingerprint density at radius 1 is 1.43 bits per heavy atom. The third kappa shape index (κ3) is 3.97. The van der Waals surface area contributed by atoms with Crippen molar-refractivity contribution in [2.75, 3.05) is 0 Å². The minimum absolute atomic E-state index is 0.0638. The number of rotatable bonds is 5. The van der Waals surface area contributed by atoms with E-state index in [1.54, 1.807) is 6.92 Å². The van der Waals surface area contributed by atoms with Crippen LogP contribution < -0.4 is 10.1 Å². The predicted octanol–water partition coefficient (Wildman–Crippen LogP) is 2.50. The number of ether oxygens (including phenoxy) is 1. The van der Waals surface area contributed by atoms with Crippen LogP contribution in [0.15, 0.2) is 22.7 Å². The zero-order chi connectivity index (χ0) is 15.6. The number of hydrogen-bond acceptors (Lipinski definition) is 3. The quantitative estimate of drug-likeness (QED) is 0.850. The monoisotopic (exact) mass is 355 g/mol. The first-order chi connectivity index (χ1) is 9.86. The molecule has 1 aromatic rings. The highest BCUT2D eigenvalue weighted by Crippen LogP contribution is 2.28. The molecule has 0 radical (unpaired) electrons. The zero-order valence-electron chi connectivity index (χ0n) is 11.9. The van der Waals surface area contributed by atoms with Gasteiger partial charge in [0.2, 0.25) is 0 Å². The molecule has 1 aliphatic rings. The van der Waals surface area contributed by atoms with Gasteiger partial charge in [0.1, 0.15) is 5.75 Å². The molecule has 0 heterocycles. The maximum atomic E-state index is 12.0. The van der Waals surface area contributed by atoms with Crippen LogP contribution in [0.25, 0.3) is 0 Å². The fourth-order valence-corrected chi connectivity index (χ4v) is 2.79. The van der Waals surface area contributed by atoms with Gasteiger partial charge < -0.3 is 15.2 Å². The molecule has 21 heavy (non-hydrogen) atoms. The summed E-state index contributed by atoms with van der Waals surface area (Å²) in [6.07, 6.45) is 0.345. The molecule has 114 valence electrons. The van der Waals surface area contributed by atoms with E-state index in [9.17, 15) is 9.59 Å². The Labute approximate surface area is 131 Å². The van der Waals surface area contributed by atoms with E-state index in [2.05, 4.69) is 21.2 Å². The number of carboxylic acid groups (broad SMARTS) is 1. The van der Waals surface area contributed by atoms with Gasteiger partial charge in [0.15, 0.2) is 6.10 Å². The van der Waals surface area contributed by atoms with Crippen LogP contribution in [-0.2, 0) is 9.59 Å². The molecule has 5 nitrogen and oxygen atoms in total. The summed E-state index contributed by atoms with van der Waals surface area (Å²) in [6, 6.07) is 5.58. The molecule has 0 aromatic heterocycles. The SMILES string of the molecule is Cc1ccc(OC(C)C(=O)NC2CC(C(=O)O)C2)c(Br)c1. The van der Waals surface area contributed by atoms with Gasteiger partial charge in [0, 0.05) is 6.04 Å². The summed E-state index contributed by atoms with van der Waals surface area (Å²) in [5, 5.41) is 11.6. The van der Waals surface area contributed by atoms with Crippen molar-refractivity contribution in [3.05, 3.63) is 28.2 Å². The van der Waals surface area contributed by atoms with Crippen molar-refractivity contribution in [2.24, 2.45) is 5.92 Å². The zero-order valence-corrected chi connectivity index (χ0v) is 13.5. The molecule has 1 amide bonds. The Morgan fingerprint density at radius 2 is 2.10 bits per heavy atom. The average molecular weight is 356 g/mol. The number of carbonyl (C=O) groups excluding carboxylic acids is 1. The van der Waals surface area contributed by atoms with Gasteiger partial charge in [-0.25, -0.2) is 0 Å². The molecule has 1 aliphatic carbocycles. The van der Waals surface area contributed by atoms with Crippen LogP contribution >= 0.6 is 15.9 Å². The van der Waals surface area contributed by atoms with Crippen LogP contribution in [0.2, 0.25) is 0 Å². The number of amides is 1. The molecule has 6 heteroatoms. The molecule has 0 aliphatic heterocycles. The molecule has 1 saturated carbocycles. The first kappa shape index (κ1) is 15.8. The van der Waals surface area contributed by atoms with Crippen molar-refractivity contribution >= 4 is 27.8 Å². The Bertz CT molecular complexity index is 555. The van der Waals surface area contributed by atoms with Crippen molar-refractivity contribution in [1.82, 2.24) is 5.32 Å². The minimum atomic E-state index is -0.798. The highest BCUT2D eigenvalue weighted by atomic mass is 79.9. The third-order valence-electron chi connectivity index (χ3n) is 3.59. The van der Waals surface area contributed by atoms with E-state index in [0.717, 1.165) is 10.0 Å². The van der Waals surface area contributed by atoms with Crippen molar-refractivity contribution in [2.45, 2.75) is 38.8 Å². The average Bonchev–Trinajstić information content (AvgIpc) is 2.35. The molecule has 2 N–H and O–H groups in total. The molecular weight excluding hydrogens is 338 g/mol. The van der Waals surface area contributed by atoms with Crippen LogP contribution in [0, 0.1) is 12.8 Å². The van der Waals surface area contributed by atoms with E-state index in [4.69, 9.17) is 9.84 Å². The first-order valence-electron chi connectivity index (χ1n) is 6.83. The Balaban J connectivity index is 1.84. The lowest BCUT2D eigenvalue weighted by Gasteiger charge is -2.33. The van der Waals surface area contributed by atoms with Crippen LogP contribution in [0.1, 0.15) is 25.3 Å². The summed E-state index contributed by atoms with van der Waals surface area (Å²) < 4.78 is 6.43. The Morgan fingerprint density at radius 3 is 2.67 bits per heavy atom. The summed E-state index contributed by atoms with van der Waals surface area (Å²) in [5.41, 5.74) is 1.10. The van der Waals surface area contributed by atoms with Crippen LogP contribution in [0.4, 0.5) is 0 Å². The first-order valence-corrected chi connectivity index (χ1v) is 7.62. The van der Waals surface area contributed by atoms with E-state index < -0.39 is 12.1 Å². The van der Waals surface area contributed by atoms with Gasteiger partial charge >= 0.3 is 5.97 Å². The number of carbonyl (C=O) groups is 2. The van der Waals surface area contributed by atoms with Gasteiger partial charge in [0.05, 0.1) is 10.4 Å². The summed E-state index contributed by atoms with van der Waals surface area (Å²) >= 11 is 3.40. The van der Waals surface area contributed by atoms with Gasteiger partial charge in [0.25, 0.3) is 5.91 Å². The number of nitrogens with one attached hydrogen (secondary N) is 1. The number of carboxylic acids is 1. The molecule has 1 atom stereocenters. The number of halogens is 1. The molecule has 0 bridgehead atoms. The van der Waals surface area contributed by atoms with Gasteiger partial charge in [-0.3, -0.25) is 9.59 Å². The van der Waals surface area contributed by atoms with Gasteiger partial charge in [-0.15, -0.1) is 0 Å². The Hall–Kier alpha value is -1.56.